The van der Waals surface area contributed by atoms with Crippen LogP contribution in [0.15, 0.2) is 41.7 Å². The fraction of sp³-hybridized carbons (Fsp3) is 0.550. The number of guanidine groups is 1. The zero-order chi connectivity index (χ0) is 18.8. The Labute approximate surface area is 157 Å². The van der Waals surface area contributed by atoms with Gasteiger partial charge in [-0.05, 0) is 24.3 Å². The van der Waals surface area contributed by atoms with Crippen LogP contribution in [0.1, 0.15) is 39.1 Å². The third-order valence-electron chi connectivity index (χ3n) is 4.19. The van der Waals surface area contributed by atoms with Crippen LogP contribution in [0, 0.1) is 5.41 Å². The van der Waals surface area contributed by atoms with Gasteiger partial charge in [0.1, 0.15) is 12.2 Å². The monoisotopic (exact) mass is 356 g/mol. The Bertz CT molecular complexity index is 675. The second kappa shape index (κ2) is 9.94. The molecule has 0 saturated heterocycles. The van der Waals surface area contributed by atoms with E-state index in [9.17, 15) is 0 Å². The largest absolute Gasteiger partial charge is 0.357 e. The molecule has 2 N–H and O–H groups in total. The van der Waals surface area contributed by atoms with Crippen molar-refractivity contribution in [3.05, 3.63) is 48.0 Å². The van der Waals surface area contributed by atoms with Gasteiger partial charge < -0.3 is 15.2 Å². The van der Waals surface area contributed by atoms with E-state index in [-0.39, 0.29) is 5.41 Å². The van der Waals surface area contributed by atoms with Crippen LogP contribution in [-0.2, 0) is 19.4 Å². The summed E-state index contributed by atoms with van der Waals surface area (Å²) in [5.74, 6) is 1.87. The molecule has 0 radical (unpaired) electrons. The van der Waals surface area contributed by atoms with Crippen LogP contribution in [0.3, 0.4) is 0 Å². The van der Waals surface area contributed by atoms with Crippen LogP contribution in [-0.4, -0.2) is 40.4 Å². The molecule has 0 aliphatic carbocycles. The summed E-state index contributed by atoms with van der Waals surface area (Å²) in [6.45, 7) is 11.9. The van der Waals surface area contributed by atoms with Crippen molar-refractivity contribution < 1.29 is 0 Å². The molecule has 6 nitrogen and oxygen atoms in total. The molecule has 0 atom stereocenters. The summed E-state index contributed by atoms with van der Waals surface area (Å²) in [6.07, 6.45) is 3.69. The van der Waals surface area contributed by atoms with E-state index < -0.39 is 0 Å². The molecule has 0 spiro atoms. The van der Waals surface area contributed by atoms with Gasteiger partial charge in [-0.25, -0.2) is 0 Å². The maximum Gasteiger partial charge on any atom is 0.191 e. The summed E-state index contributed by atoms with van der Waals surface area (Å²) in [4.78, 5) is 4.80. The van der Waals surface area contributed by atoms with E-state index in [2.05, 4.69) is 83.4 Å². The molecule has 0 aliphatic heterocycles. The minimum Gasteiger partial charge on any atom is -0.357 e. The maximum atomic E-state index is 4.80. The van der Waals surface area contributed by atoms with Crippen LogP contribution in [0.25, 0.3) is 0 Å². The van der Waals surface area contributed by atoms with E-state index in [1.165, 1.54) is 5.56 Å². The molecular weight excluding hydrogens is 324 g/mol. The zero-order valence-electron chi connectivity index (χ0n) is 16.5. The standard InChI is InChI=1S/C20H32N6/c1-5-18-25-24-16-26(18)13-12-22-19(21-6-2)23-15-20(3,4)14-17-10-8-7-9-11-17/h7-11,16H,5-6,12-15H2,1-4H3,(H2,21,22,23). The SMILES string of the molecule is CCNC(=NCC(C)(C)Cc1ccccc1)NCCn1cnnc1CC. The fourth-order valence-electron chi connectivity index (χ4n) is 2.87. The van der Waals surface area contributed by atoms with Crippen molar-refractivity contribution in [3.8, 4) is 0 Å². The van der Waals surface area contributed by atoms with Gasteiger partial charge >= 0.3 is 0 Å². The van der Waals surface area contributed by atoms with E-state index in [0.29, 0.717) is 0 Å². The van der Waals surface area contributed by atoms with Crippen LogP contribution in [0.2, 0.25) is 0 Å². The Morgan fingerprint density at radius 1 is 1.15 bits per heavy atom. The third kappa shape index (κ3) is 6.50. The lowest BCUT2D eigenvalue weighted by atomic mass is 9.86. The molecule has 0 bridgehead atoms. The molecule has 26 heavy (non-hydrogen) atoms. The molecular formula is C20H32N6. The topological polar surface area (TPSA) is 67.1 Å². The van der Waals surface area contributed by atoms with E-state index in [1.807, 2.05) is 0 Å². The van der Waals surface area contributed by atoms with Gasteiger partial charge in [-0.2, -0.15) is 0 Å². The van der Waals surface area contributed by atoms with E-state index in [0.717, 1.165) is 50.8 Å². The van der Waals surface area contributed by atoms with Crippen molar-refractivity contribution >= 4 is 5.96 Å². The predicted molar refractivity (Wildman–Crippen MR) is 107 cm³/mol. The maximum absolute atomic E-state index is 4.80. The summed E-state index contributed by atoms with van der Waals surface area (Å²) in [5, 5.41) is 14.8. The lowest BCUT2D eigenvalue weighted by Gasteiger charge is -2.23. The molecule has 6 heteroatoms. The van der Waals surface area contributed by atoms with Crippen molar-refractivity contribution in [2.45, 2.75) is 47.1 Å². The number of nitrogens with zero attached hydrogens (tertiary/aromatic N) is 4. The predicted octanol–water partition coefficient (Wildman–Crippen LogP) is 2.66. The average Bonchev–Trinajstić information content (AvgIpc) is 3.08. The van der Waals surface area contributed by atoms with Crippen LogP contribution in [0.5, 0.6) is 0 Å². The molecule has 0 aliphatic rings. The minimum absolute atomic E-state index is 0.105. The number of rotatable bonds is 9. The average molecular weight is 357 g/mol. The molecule has 0 saturated carbocycles. The van der Waals surface area contributed by atoms with Gasteiger partial charge in [-0.1, -0.05) is 51.1 Å². The van der Waals surface area contributed by atoms with Gasteiger partial charge in [0.2, 0.25) is 0 Å². The summed E-state index contributed by atoms with van der Waals surface area (Å²) in [5.41, 5.74) is 1.46. The first kappa shape index (κ1) is 19.9. The van der Waals surface area contributed by atoms with Crippen molar-refractivity contribution in [2.24, 2.45) is 10.4 Å². The smallest absolute Gasteiger partial charge is 0.191 e. The highest BCUT2D eigenvalue weighted by Gasteiger charge is 2.18. The van der Waals surface area contributed by atoms with Crippen LogP contribution in [0.4, 0.5) is 0 Å². The van der Waals surface area contributed by atoms with E-state index in [1.54, 1.807) is 6.33 Å². The number of hydrogen-bond acceptors (Lipinski definition) is 3. The van der Waals surface area contributed by atoms with Gasteiger partial charge in [0.25, 0.3) is 0 Å². The molecule has 0 unspecified atom stereocenters. The van der Waals surface area contributed by atoms with Crippen molar-refractivity contribution in [2.75, 3.05) is 19.6 Å². The summed E-state index contributed by atoms with van der Waals surface area (Å²) < 4.78 is 2.08. The van der Waals surface area contributed by atoms with Gasteiger partial charge in [-0.3, -0.25) is 4.99 Å². The Morgan fingerprint density at radius 3 is 2.62 bits per heavy atom. The molecule has 0 fully saturated rings. The Balaban J connectivity index is 1.88. The number of nitrogens with one attached hydrogen (secondary N) is 2. The number of hydrogen-bond donors (Lipinski definition) is 2. The summed E-state index contributed by atoms with van der Waals surface area (Å²) in [7, 11) is 0. The second-order valence-corrected chi connectivity index (χ2v) is 7.24. The first-order valence-electron chi connectivity index (χ1n) is 9.47. The lowest BCUT2D eigenvalue weighted by Crippen LogP contribution is -2.39. The van der Waals surface area contributed by atoms with Crippen molar-refractivity contribution in [1.29, 1.82) is 0 Å². The molecule has 1 heterocycles. The summed E-state index contributed by atoms with van der Waals surface area (Å²) in [6, 6.07) is 10.6. The van der Waals surface area contributed by atoms with Crippen molar-refractivity contribution in [3.63, 3.8) is 0 Å². The first-order valence-corrected chi connectivity index (χ1v) is 9.47. The van der Waals surface area contributed by atoms with Gasteiger partial charge in [-0.15, -0.1) is 10.2 Å². The van der Waals surface area contributed by atoms with Crippen LogP contribution < -0.4 is 10.6 Å². The number of aryl methyl sites for hydroxylation is 1. The van der Waals surface area contributed by atoms with Gasteiger partial charge in [0.05, 0.1) is 0 Å². The van der Waals surface area contributed by atoms with Gasteiger partial charge in [0.15, 0.2) is 5.96 Å². The zero-order valence-corrected chi connectivity index (χ0v) is 16.5. The van der Waals surface area contributed by atoms with Gasteiger partial charge in [0, 0.05) is 32.6 Å². The van der Waals surface area contributed by atoms with Crippen molar-refractivity contribution in [1.82, 2.24) is 25.4 Å². The number of benzene rings is 1. The van der Waals surface area contributed by atoms with Crippen LogP contribution >= 0.6 is 0 Å². The highest BCUT2D eigenvalue weighted by Crippen LogP contribution is 2.22. The Kier molecular flexibility index (Phi) is 7.63. The minimum atomic E-state index is 0.105. The summed E-state index contributed by atoms with van der Waals surface area (Å²) >= 11 is 0. The third-order valence-corrected chi connectivity index (χ3v) is 4.19. The molecule has 1 aromatic heterocycles. The fourth-order valence-corrected chi connectivity index (χ4v) is 2.87. The number of aromatic nitrogens is 3. The first-order chi connectivity index (χ1) is 12.5. The Morgan fingerprint density at radius 2 is 1.92 bits per heavy atom. The molecule has 0 amide bonds. The molecule has 1 aromatic carbocycles. The molecule has 2 aromatic rings. The number of aliphatic imine (C=N–C) groups is 1. The normalized spacial score (nSPS) is 12.2. The molecule has 142 valence electrons. The molecule has 2 rings (SSSR count). The van der Waals surface area contributed by atoms with E-state index >= 15 is 0 Å². The second-order valence-electron chi connectivity index (χ2n) is 7.24. The Hall–Kier alpha value is -2.37. The highest BCUT2D eigenvalue weighted by atomic mass is 15.3. The van der Waals surface area contributed by atoms with E-state index in [4.69, 9.17) is 4.99 Å². The quantitative estimate of drug-likeness (QED) is 0.535. The lowest BCUT2D eigenvalue weighted by molar-refractivity contribution is 0.377. The highest BCUT2D eigenvalue weighted by molar-refractivity contribution is 5.79.